The molecule has 0 spiro atoms. The standard InChI is InChI=1S/C13H15BrClNO4S/c14-10-7-11(15)9(6-12(10)21(16,18)19)13(17)20-8-4-2-1-3-5-8/h6-8H,1-5H2,(H2,16,18,19). The number of sulfonamides is 1. The zero-order valence-corrected chi connectivity index (χ0v) is 14.3. The first kappa shape index (κ1) is 16.7. The Bertz CT molecular complexity index is 656. The van der Waals surface area contributed by atoms with Crippen LogP contribution in [0.3, 0.4) is 0 Å². The summed E-state index contributed by atoms with van der Waals surface area (Å²) in [4.78, 5) is 12.0. The molecule has 8 heteroatoms. The number of carbonyl (C=O) groups is 1. The molecule has 0 aromatic heterocycles. The average molecular weight is 397 g/mol. The Hall–Kier alpha value is -0.630. The van der Waals surface area contributed by atoms with E-state index < -0.39 is 16.0 Å². The van der Waals surface area contributed by atoms with Crippen molar-refractivity contribution >= 4 is 43.5 Å². The zero-order valence-electron chi connectivity index (χ0n) is 11.1. The highest BCUT2D eigenvalue weighted by atomic mass is 79.9. The van der Waals surface area contributed by atoms with Gasteiger partial charge in [0.15, 0.2) is 0 Å². The monoisotopic (exact) mass is 395 g/mol. The SMILES string of the molecule is NS(=O)(=O)c1cc(C(=O)OC2CCCCC2)c(Cl)cc1Br. The van der Waals surface area contributed by atoms with E-state index in [1.807, 2.05) is 0 Å². The van der Waals surface area contributed by atoms with Gasteiger partial charge in [-0.05, 0) is 53.7 Å². The predicted octanol–water partition coefficient (Wildman–Crippen LogP) is 3.24. The lowest BCUT2D eigenvalue weighted by Gasteiger charge is -2.22. The Morgan fingerprint density at radius 3 is 2.48 bits per heavy atom. The number of primary sulfonamides is 1. The lowest BCUT2D eigenvalue weighted by Crippen LogP contribution is -2.21. The third-order valence-corrected chi connectivity index (χ3v) is 5.56. The van der Waals surface area contributed by atoms with Gasteiger partial charge >= 0.3 is 5.97 Å². The van der Waals surface area contributed by atoms with Crippen molar-refractivity contribution in [2.75, 3.05) is 0 Å². The first-order valence-electron chi connectivity index (χ1n) is 6.52. The Morgan fingerprint density at radius 1 is 1.29 bits per heavy atom. The Morgan fingerprint density at radius 2 is 1.90 bits per heavy atom. The number of rotatable bonds is 3. The second-order valence-corrected chi connectivity index (χ2v) is 7.76. The van der Waals surface area contributed by atoms with Crippen molar-refractivity contribution in [1.29, 1.82) is 0 Å². The van der Waals surface area contributed by atoms with Gasteiger partial charge in [0.25, 0.3) is 0 Å². The van der Waals surface area contributed by atoms with Crippen LogP contribution in [0.4, 0.5) is 0 Å². The predicted molar refractivity (Wildman–Crippen MR) is 82.8 cm³/mol. The van der Waals surface area contributed by atoms with Crippen LogP contribution in [0.2, 0.25) is 5.02 Å². The normalized spacial score (nSPS) is 16.7. The minimum Gasteiger partial charge on any atom is -0.459 e. The molecule has 0 bridgehead atoms. The smallest absolute Gasteiger partial charge is 0.339 e. The Labute approximate surface area is 137 Å². The van der Waals surface area contributed by atoms with Gasteiger partial charge < -0.3 is 4.74 Å². The summed E-state index contributed by atoms with van der Waals surface area (Å²) in [7, 11) is -3.95. The summed E-state index contributed by atoms with van der Waals surface area (Å²) in [5.41, 5.74) is 0.00876. The highest BCUT2D eigenvalue weighted by molar-refractivity contribution is 9.10. The van der Waals surface area contributed by atoms with Crippen LogP contribution in [0.25, 0.3) is 0 Å². The Balaban J connectivity index is 2.28. The maximum absolute atomic E-state index is 12.2. The summed E-state index contributed by atoms with van der Waals surface area (Å²) in [6.07, 6.45) is 4.69. The number of hydrogen-bond acceptors (Lipinski definition) is 4. The zero-order chi connectivity index (χ0) is 15.6. The minimum atomic E-state index is -3.95. The molecule has 1 aromatic carbocycles. The maximum atomic E-state index is 12.2. The van der Waals surface area contributed by atoms with Gasteiger partial charge in [-0.2, -0.15) is 0 Å². The van der Waals surface area contributed by atoms with E-state index in [0.717, 1.165) is 38.2 Å². The fourth-order valence-electron chi connectivity index (χ4n) is 2.30. The van der Waals surface area contributed by atoms with Crippen molar-refractivity contribution < 1.29 is 17.9 Å². The maximum Gasteiger partial charge on any atom is 0.339 e. The second-order valence-electron chi connectivity index (χ2n) is 4.97. The molecule has 5 nitrogen and oxygen atoms in total. The molecule has 2 N–H and O–H groups in total. The number of nitrogens with two attached hydrogens (primary N) is 1. The first-order chi connectivity index (χ1) is 9.79. The van der Waals surface area contributed by atoms with Crippen LogP contribution in [-0.4, -0.2) is 20.5 Å². The lowest BCUT2D eigenvalue weighted by molar-refractivity contribution is 0.0211. The molecule has 21 heavy (non-hydrogen) atoms. The van der Waals surface area contributed by atoms with E-state index in [2.05, 4.69) is 15.9 Å². The van der Waals surface area contributed by atoms with Crippen LogP contribution in [0, 0.1) is 0 Å². The quantitative estimate of drug-likeness (QED) is 0.795. The van der Waals surface area contributed by atoms with Crippen molar-refractivity contribution in [3.63, 3.8) is 0 Å². The average Bonchev–Trinajstić information content (AvgIpc) is 2.38. The number of halogens is 2. The van der Waals surface area contributed by atoms with Crippen LogP contribution in [0.1, 0.15) is 42.5 Å². The molecule has 0 amide bonds. The van der Waals surface area contributed by atoms with Gasteiger partial charge in [0.1, 0.15) is 6.10 Å². The molecule has 1 aliphatic rings. The molecule has 0 aliphatic heterocycles. The molecule has 1 saturated carbocycles. The van der Waals surface area contributed by atoms with Crippen LogP contribution in [-0.2, 0) is 14.8 Å². The van der Waals surface area contributed by atoms with Crippen molar-refractivity contribution in [1.82, 2.24) is 0 Å². The van der Waals surface area contributed by atoms with Gasteiger partial charge in [0.05, 0.1) is 15.5 Å². The van der Waals surface area contributed by atoms with Crippen molar-refractivity contribution in [2.24, 2.45) is 5.14 Å². The molecule has 0 heterocycles. The summed E-state index contributed by atoms with van der Waals surface area (Å²) >= 11 is 9.07. The van der Waals surface area contributed by atoms with Gasteiger partial charge in [-0.1, -0.05) is 18.0 Å². The second kappa shape index (κ2) is 6.64. The van der Waals surface area contributed by atoms with Gasteiger partial charge in [-0.3, -0.25) is 0 Å². The van der Waals surface area contributed by atoms with E-state index in [9.17, 15) is 13.2 Å². The highest BCUT2D eigenvalue weighted by Crippen LogP contribution is 2.30. The molecular weight excluding hydrogens is 382 g/mol. The molecule has 1 aromatic rings. The van der Waals surface area contributed by atoms with Crippen LogP contribution in [0.5, 0.6) is 0 Å². The van der Waals surface area contributed by atoms with Crippen LogP contribution in [0.15, 0.2) is 21.5 Å². The number of benzene rings is 1. The van der Waals surface area contributed by atoms with Crippen molar-refractivity contribution in [2.45, 2.75) is 43.1 Å². The molecule has 0 saturated heterocycles. The van der Waals surface area contributed by atoms with Crippen LogP contribution >= 0.6 is 27.5 Å². The topological polar surface area (TPSA) is 86.5 Å². The molecule has 0 atom stereocenters. The number of hydrogen-bond donors (Lipinski definition) is 1. The minimum absolute atomic E-state index is 0.00876. The summed E-state index contributed by atoms with van der Waals surface area (Å²) in [6, 6.07) is 2.48. The molecule has 2 rings (SSSR count). The summed E-state index contributed by atoms with van der Waals surface area (Å²) in [6.45, 7) is 0. The summed E-state index contributed by atoms with van der Waals surface area (Å²) in [5.74, 6) is -0.621. The molecule has 0 radical (unpaired) electrons. The third kappa shape index (κ3) is 4.18. The third-order valence-electron chi connectivity index (χ3n) is 3.37. The molecular formula is C13H15BrClNO4S. The number of esters is 1. The molecule has 1 fully saturated rings. The summed E-state index contributed by atoms with van der Waals surface area (Å²) in [5, 5.41) is 5.23. The summed E-state index contributed by atoms with van der Waals surface area (Å²) < 4.78 is 28.6. The highest BCUT2D eigenvalue weighted by Gasteiger charge is 2.23. The lowest BCUT2D eigenvalue weighted by atomic mass is 9.98. The van der Waals surface area contributed by atoms with E-state index in [-0.39, 0.29) is 26.1 Å². The van der Waals surface area contributed by atoms with E-state index in [1.54, 1.807) is 0 Å². The van der Waals surface area contributed by atoms with Gasteiger partial charge in [-0.15, -0.1) is 0 Å². The number of ether oxygens (including phenoxy) is 1. The van der Waals surface area contributed by atoms with Gasteiger partial charge in [0.2, 0.25) is 10.0 Å². The van der Waals surface area contributed by atoms with E-state index in [0.29, 0.717) is 0 Å². The fourth-order valence-corrected chi connectivity index (χ4v) is 4.31. The van der Waals surface area contributed by atoms with E-state index in [4.69, 9.17) is 21.5 Å². The Kier molecular flexibility index (Phi) is 5.29. The fraction of sp³-hybridized carbons (Fsp3) is 0.462. The van der Waals surface area contributed by atoms with E-state index >= 15 is 0 Å². The molecule has 1 aliphatic carbocycles. The molecule has 0 unspecified atom stereocenters. The largest absolute Gasteiger partial charge is 0.459 e. The first-order valence-corrected chi connectivity index (χ1v) is 9.23. The van der Waals surface area contributed by atoms with E-state index in [1.165, 1.54) is 6.07 Å². The van der Waals surface area contributed by atoms with Crippen LogP contribution < -0.4 is 5.14 Å². The van der Waals surface area contributed by atoms with Crippen molar-refractivity contribution in [3.8, 4) is 0 Å². The molecule has 116 valence electrons. The van der Waals surface area contributed by atoms with Crippen molar-refractivity contribution in [3.05, 3.63) is 27.2 Å². The van der Waals surface area contributed by atoms with Gasteiger partial charge in [-0.25, -0.2) is 18.4 Å². The number of carbonyl (C=O) groups excluding carboxylic acids is 1. The van der Waals surface area contributed by atoms with Gasteiger partial charge in [0, 0.05) is 4.47 Å².